The molecule has 2 aromatic carbocycles. The van der Waals surface area contributed by atoms with Gasteiger partial charge in [-0.3, -0.25) is 9.58 Å². The molecule has 1 atom stereocenters. The summed E-state index contributed by atoms with van der Waals surface area (Å²) >= 11 is 6.00. The van der Waals surface area contributed by atoms with Crippen LogP contribution < -0.4 is 0 Å². The molecule has 1 fully saturated rings. The van der Waals surface area contributed by atoms with Gasteiger partial charge in [0.15, 0.2) is 0 Å². The molecule has 5 heteroatoms. The molecule has 0 aliphatic carbocycles. The van der Waals surface area contributed by atoms with Crippen molar-refractivity contribution in [2.45, 2.75) is 12.6 Å². The number of morpholine rings is 1. The van der Waals surface area contributed by atoms with E-state index in [9.17, 15) is 0 Å². The Bertz CT molecular complexity index is 861. The van der Waals surface area contributed by atoms with Crippen molar-refractivity contribution in [3.63, 3.8) is 0 Å². The SMILES string of the molecule is Cn1cc(CN2CCOC(c3ccc(Cl)cc3)C2)c(-c2ccccc2)n1. The van der Waals surface area contributed by atoms with E-state index in [2.05, 4.69) is 52.6 Å². The van der Waals surface area contributed by atoms with E-state index >= 15 is 0 Å². The second-order valence-electron chi connectivity index (χ2n) is 6.69. The maximum atomic E-state index is 6.00. The Morgan fingerprint density at radius 3 is 2.65 bits per heavy atom. The number of halogens is 1. The van der Waals surface area contributed by atoms with Crippen molar-refractivity contribution in [3.05, 3.63) is 76.9 Å². The van der Waals surface area contributed by atoms with Gasteiger partial charge in [-0.15, -0.1) is 0 Å². The molecule has 1 aromatic heterocycles. The number of aryl methyl sites for hydroxylation is 1. The smallest absolute Gasteiger partial charge is 0.0968 e. The van der Waals surface area contributed by atoms with Crippen LogP contribution in [0.15, 0.2) is 60.8 Å². The molecule has 1 unspecified atom stereocenters. The highest BCUT2D eigenvalue weighted by Gasteiger charge is 2.23. The van der Waals surface area contributed by atoms with Crippen LogP contribution in [0.5, 0.6) is 0 Å². The van der Waals surface area contributed by atoms with Gasteiger partial charge >= 0.3 is 0 Å². The van der Waals surface area contributed by atoms with Crippen molar-refractivity contribution in [2.75, 3.05) is 19.7 Å². The Hall–Kier alpha value is -2.14. The van der Waals surface area contributed by atoms with Crippen molar-refractivity contribution in [1.29, 1.82) is 0 Å². The molecule has 0 amide bonds. The van der Waals surface area contributed by atoms with Crippen molar-refractivity contribution in [2.24, 2.45) is 7.05 Å². The van der Waals surface area contributed by atoms with Gasteiger partial charge in [-0.25, -0.2) is 0 Å². The van der Waals surface area contributed by atoms with Crippen LogP contribution in [0.2, 0.25) is 5.02 Å². The van der Waals surface area contributed by atoms with E-state index in [0.717, 1.165) is 42.5 Å². The predicted octanol–water partition coefficient (Wildman–Crippen LogP) is 4.31. The first-order chi connectivity index (χ1) is 12.7. The highest BCUT2D eigenvalue weighted by molar-refractivity contribution is 6.30. The molecule has 1 aliphatic rings. The summed E-state index contributed by atoms with van der Waals surface area (Å²) in [6.45, 7) is 3.39. The summed E-state index contributed by atoms with van der Waals surface area (Å²) in [5, 5.41) is 5.43. The first-order valence-electron chi connectivity index (χ1n) is 8.86. The lowest BCUT2D eigenvalue weighted by Gasteiger charge is -2.33. The molecule has 4 rings (SSSR count). The monoisotopic (exact) mass is 367 g/mol. The molecule has 1 aliphatic heterocycles. The van der Waals surface area contributed by atoms with Crippen LogP contribution in [-0.4, -0.2) is 34.4 Å². The van der Waals surface area contributed by atoms with Crippen LogP contribution in [-0.2, 0) is 18.3 Å². The van der Waals surface area contributed by atoms with Gasteiger partial charge in [-0.2, -0.15) is 5.10 Å². The van der Waals surface area contributed by atoms with Crippen LogP contribution in [0, 0.1) is 0 Å². The zero-order valence-electron chi connectivity index (χ0n) is 14.8. The lowest BCUT2D eigenvalue weighted by molar-refractivity contribution is -0.0328. The Morgan fingerprint density at radius 1 is 1.12 bits per heavy atom. The zero-order valence-corrected chi connectivity index (χ0v) is 15.6. The largest absolute Gasteiger partial charge is 0.371 e. The normalized spacial score (nSPS) is 18.2. The van der Waals surface area contributed by atoms with Crippen molar-refractivity contribution < 1.29 is 4.74 Å². The van der Waals surface area contributed by atoms with Crippen molar-refractivity contribution in [1.82, 2.24) is 14.7 Å². The van der Waals surface area contributed by atoms with Gasteiger partial charge in [0.2, 0.25) is 0 Å². The molecule has 2 heterocycles. The molecule has 0 N–H and O–H groups in total. The van der Waals surface area contributed by atoms with E-state index in [-0.39, 0.29) is 6.10 Å². The fourth-order valence-electron chi connectivity index (χ4n) is 3.46. The fourth-order valence-corrected chi connectivity index (χ4v) is 3.58. The fraction of sp³-hybridized carbons (Fsp3) is 0.286. The minimum absolute atomic E-state index is 0.0814. The first-order valence-corrected chi connectivity index (χ1v) is 9.24. The van der Waals surface area contributed by atoms with Crippen LogP contribution >= 0.6 is 11.6 Å². The third-order valence-corrected chi connectivity index (χ3v) is 4.99. The van der Waals surface area contributed by atoms with E-state index < -0.39 is 0 Å². The van der Waals surface area contributed by atoms with Gasteiger partial charge in [-0.05, 0) is 17.7 Å². The van der Waals surface area contributed by atoms with Crippen molar-refractivity contribution >= 4 is 11.6 Å². The summed E-state index contributed by atoms with van der Waals surface area (Å²) in [6, 6.07) is 18.3. The number of rotatable bonds is 4. The Kier molecular flexibility index (Phi) is 5.07. The summed E-state index contributed by atoms with van der Waals surface area (Å²) < 4.78 is 7.88. The number of benzene rings is 2. The second-order valence-corrected chi connectivity index (χ2v) is 7.13. The standard InChI is InChI=1S/C21H22ClN3O/c1-24-13-18(21(23-24)17-5-3-2-4-6-17)14-25-11-12-26-20(15-25)16-7-9-19(22)10-8-16/h2-10,13,20H,11-12,14-15H2,1H3. The number of hydrogen-bond donors (Lipinski definition) is 0. The lowest BCUT2D eigenvalue weighted by atomic mass is 10.1. The molecule has 0 radical (unpaired) electrons. The van der Waals surface area contributed by atoms with Gasteiger partial charge in [0.05, 0.1) is 18.4 Å². The number of ether oxygens (including phenoxy) is 1. The van der Waals surface area contributed by atoms with E-state index in [4.69, 9.17) is 16.3 Å². The van der Waals surface area contributed by atoms with Gasteiger partial charge in [0, 0.05) is 49.0 Å². The highest BCUT2D eigenvalue weighted by Crippen LogP contribution is 2.27. The predicted molar refractivity (Wildman–Crippen MR) is 104 cm³/mol. The van der Waals surface area contributed by atoms with Crippen LogP contribution in [0.3, 0.4) is 0 Å². The molecule has 0 bridgehead atoms. The number of aromatic nitrogens is 2. The highest BCUT2D eigenvalue weighted by atomic mass is 35.5. The summed E-state index contributed by atoms with van der Waals surface area (Å²) in [5.74, 6) is 0. The third kappa shape index (κ3) is 3.83. The van der Waals surface area contributed by atoms with Gasteiger partial charge in [0.25, 0.3) is 0 Å². The summed E-state index contributed by atoms with van der Waals surface area (Å²) in [6.07, 6.45) is 2.20. The Balaban J connectivity index is 1.52. The van der Waals surface area contributed by atoms with E-state index in [0.29, 0.717) is 0 Å². The summed E-state index contributed by atoms with van der Waals surface area (Å²) in [5.41, 5.74) is 4.64. The van der Waals surface area contributed by atoms with Gasteiger partial charge < -0.3 is 4.74 Å². The van der Waals surface area contributed by atoms with Crippen LogP contribution in [0.1, 0.15) is 17.2 Å². The molecule has 26 heavy (non-hydrogen) atoms. The van der Waals surface area contributed by atoms with Crippen LogP contribution in [0.4, 0.5) is 0 Å². The zero-order chi connectivity index (χ0) is 17.9. The third-order valence-electron chi connectivity index (χ3n) is 4.74. The second kappa shape index (κ2) is 7.62. The minimum atomic E-state index is 0.0814. The van der Waals surface area contributed by atoms with E-state index in [1.807, 2.05) is 29.9 Å². The Labute approximate surface area is 159 Å². The van der Waals surface area contributed by atoms with Gasteiger partial charge in [-0.1, -0.05) is 54.1 Å². The molecule has 3 aromatic rings. The summed E-state index contributed by atoms with van der Waals surface area (Å²) in [4.78, 5) is 2.44. The topological polar surface area (TPSA) is 30.3 Å². The first kappa shape index (κ1) is 17.3. The maximum absolute atomic E-state index is 6.00. The molecule has 1 saturated heterocycles. The average Bonchev–Trinajstić information content (AvgIpc) is 3.03. The van der Waals surface area contributed by atoms with Crippen LogP contribution in [0.25, 0.3) is 11.3 Å². The summed E-state index contributed by atoms with van der Waals surface area (Å²) in [7, 11) is 1.98. The molecular formula is C21H22ClN3O. The van der Waals surface area contributed by atoms with Crippen molar-refractivity contribution in [3.8, 4) is 11.3 Å². The number of nitrogens with zero attached hydrogens (tertiary/aromatic N) is 3. The van der Waals surface area contributed by atoms with Gasteiger partial charge in [0.1, 0.15) is 0 Å². The average molecular weight is 368 g/mol. The quantitative estimate of drug-likeness (QED) is 0.688. The Morgan fingerprint density at radius 2 is 1.88 bits per heavy atom. The number of hydrogen-bond acceptors (Lipinski definition) is 3. The minimum Gasteiger partial charge on any atom is -0.371 e. The molecule has 0 saturated carbocycles. The van der Waals surface area contributed by atoms with E-state index in [1.165, 1.54) is 11.1 Å². The molecule has 134 valence electrons. The molecular weight excluding hydrogens is 346 g/mol. The molecule has 0 spiro atoms. The molecule has 4 nitrogen and oxygen atoms in total. The maximum Gasteiger partial charge on any atom is 0.0968 e. The lowest BCUT2D eigenvalue weighted by Crippen LogP contribution is -2.37. The van der Waals surface area contributed by atoms with E-state index in [1.54, 1.807) is 0 Å².